The summed E-state index contributed by atoms with van der Waals surface area (Å²) in [6, 6.07) is 7.38. The molecule has 0 atom stereocenters. The Morgan fingerprint density at radius 3 is 2.15 bits per heavy atom. The highest BCUT2D eigenvalue weighted by Gasteiger charge is 2.09. The summed E-state index contributed by atoms with van der Waals surface area (Å²) in [5.74, 6) is 0.332. The van der Waals surface area contributed by atoms with Crippen LogP contribution in [-0.2, 0) is 9.53 Å². The van der Waals surface area contributed by atoms with Gasteiger partial charge in [0.1, 0.15) is 11.4 Å². The first-order valence-electron chi connectivity index (χ1n) is 6.78. The molecule has 1 aliphatic rings. The maximum absolute atomic E-state index is 9.60. The highest BCUT2D eigenvalue weighted by atomic mass is 16.5. The third kappa shape index (κ3) is 6.43. The third-order valence-electron chi connectivity index (χ3n) is 2.73. The van der Waals surface area contributed by atoms with Crippen LogP contribution in [0.1, 0.15) is 20.8 Å². The molecule has 1 aromatic carbocycles. The molecule has 0 amide bonds. The number of phenols is 1. The number of hydrogen-bond acceptors (Lipinski definition) is 5. The van der Waals surface area contributed by atoms with E-state index in [-0.39, 0.29) is 5.60 Å². The van der Waals surface area contributed by atoms with E-state index in [1.54, 1.807) is 12.1 Å². The van der Waals surface area contributed by atoms with Gasteiger partial charge in [0.25, 0.3) is 6.47 Å². The minimum absolute atomic E-state index is 0.318. The van der Waals surface area contributed by atoms with Crippen LogP contribution in [0, 0.1) is 0 Å². The normalized spacial score (nSPS) is 15.1. The predicted molar refractivity (Wildman–Crippen MR) is 80.1 cm³/mol. The van der Waals surface area contributed by atoms with Crippen LogP contribution in [0.3, 0.4) is 0 Å². The smallest absolute Gasteiger partial charge is 0.293 e. The van der Waals surface area contributed by atoms with Gasteiger partial charge in [-0.15, -0.1) is 0 Å². The molecule has 0 unspecified atom stereocenters. The van der Waals surface area contributed by atoms with E-state index in [2.05, 4.69) is 15.0 Å². The molecule has 0 radical (unpaired) electrons. The second-order valence-corrected chi connectivity index (χ2v) is 5.58. The molecular weight excluding hydrogens is 256 g/mol. The van der Waals surface area contributed by atoms with Crippen LogP contribution in [0.4, 0.5) is 5.69 Å². The van der Waals surface area contributed by atoms with Gasteiger partial charge >= 0.3 is 0 Å². The molecule has 5 heteroatoms. The van der Waals surface area contributed by atoms with Crippen molar-refractivity contribution in [1.29, 1.82) is 0 Å². The molecule has 1 fully saturated rings. The van der Waals surface area contributed by atoms with Gasteiger partial charge < -0.3 is 20.1 Å². The van der Waals surface area contributed by atoms with Crippen molar-refractivity contribution in [2.75, 3.05) is 31.1 Å². The van der Waals surface area contributed by atoms with Gasteiger partial charge in [0.05, 0.1) is 0 Å². The van der Waals surface area contributed by atoms with Crippen molar-refractivity contribution in [3.05, 3.63) is 24.3 Å². The highest BCUT2D eigenvalue weighted by Crippen LogP contribution is 2.18. The molecule has 0 aliphatic carbocycles. The van der Waals surface area contributed by atoms with E-state index < -0.39 is 0 Å². The number of rotatable bonds is 2. The molecule has 1 aliphatic heterocycles. The Morgan fingerprint density at radius 2 is 1.75 bits per heavy atom. The number of anilines is 1. The molecule has 0 aromatic heterocycles. The van der Waals surface area contributed by atoms with Crippen molar-refractivity contribution < 1.29 is 14.6 Å². The van der Waals surface area contributed by atoms with Gasteiger partial charge in [-0.05, 0) is 45.0 Å². The Labute approximate surface area is 120 Å². The Hall–Kier alpha value is -1.75. The summed E-state index contributed by atoms with van der Waals surface area (Å²) < 4.78 is 4.55. The standard InChI is InChI=1S/C10H14N2O.C5H10O2/c13-10-3-1-9(2-4-10)12-7-5-11-6-8-12;1-5(2,3)7-4-6/h1-4,11,13H,5-8H2;4H,1-3H3. The zero-order valence-electron chi connectivity index (χ0n) is 12.4. The van der Waals surface area contributed by atoms with Crippen molar-refractivity contribution in [2.45, 2.75) is 26.4 Å². The second-order valence-electron chi connectivity index (χ2n) is 5.58. The summed E-state index contributed by atoms with van der Waals surface area (Å²) in [5, 5.41) is 12.4. The Kier molecular flexibility index (Phi) is 6.31. The van der Waals surface area contributed by atoms with E-state index in [0.717, 1.165) is 26.2 Å². The first-order chi connectivity index (χ1) is 9.42. The summed E-state index contributed by atoms with van der Waals surface area (Å²) in [7, 11) is 0. The Balaban J connectivity index is 0.000000246. The molecule has 1 heterocycles. The SMILES string of the molecule is CC(C)(C)OC=O.Oc1ccc(N2CCNCC2)cc1. The van der Waals surface area contributed by atoms with E-state index in [9.17, 15) is 4.79 Å². The van der Waals surface area contributed by atoms with Gasteiger partial charge in [-0.25, -0.2) is 0 Å². The first kappa shape index (κ1) is 16.3. The molecule has 0 saturated carbocycles. The lowest BCUT2D eigenvalue weighted by Gasteiger charge is -2.29. The van der Waals surface area contributed by atoms with E-state index in [0.29, 0.717) is 12.2 Å². The fourth-order valence-corrected chi connectivity index (χ4v) is 1.73. The number of nitrogens with one attached hydrogen (secondary N) is 1. The zero-order valence-corrected chi connectivity index (χ0v) is 12.4. The van der Waals surface area contributed by atoms with Gasteiger partial charge in [0.15, 0.2) is 0 Å². The molecule has 20 heavy (non-hydrogen) atoms. The van der Waals surface area contributed by atoms with E-state index in [4.69, 9.17) is 5.11 Å². The van der Waals surface area contributed by atoms with Crippen molar-refractivity contribution in [1.82, 2.24) is 5.32 Å². The number of aromatic hydroxyl groups is 1. The maximum atomic E-state index is 9.60. The molecule has 1 aromatic rings. The van der Waals surface area contributed by atoms with Crippen molar-refractivity contribution >= 4 is 12.2 Å². The predicted octanol–water partition coefficient (Wildman–Crippen LogP) is 1.76. The number of hydrogen-bond donors (Lipinski definition) is 2. The molecule has 0 bridgehead atoms. The van der Waals surface area contributed by atoms with Gasteiger partial charge in [-0.2, -0.15) is 0 Å². The second kappa shape index (κ2) is 7.75. The lowest BCUT2D eigenvalue weighted by molar-refractivity contribution is -0.138. The van der Waals surface area contributed by atoms with Crippen LogP contribution in [-0.4, -0.2) is 43.4 Å². The number of carbonyl (C=O) groups excluding carboxylic acids is 1. The van der Waals surface area contributed by atoms with Gasteiger partial charge in [-0.1, -0.05) is 0 Å². The number of benzene rings is 1. The highest BCUT2D eigenvalue weighted by molar-refractivity contribution is 5.49. The Bertz CT molecular complexity index is 393. The largest absolute Gasteiger partial charge is 0.508 e. The first-order valence-corrected chi connectivity index (χ1v) is 6.78. The monoisotopic (exact) mass is 280 g/mol. The van der Waals surface area contributed by atoms with E-state index in [1.165, 1.54) is 5.69 Å². The number of nitrogens with zero attached hydrogens (tertiary/aromatic N) is 1. The fourth-order valence-electron chi connectivity index (χ4n) is 1.73. The van der Waals surface area contributed by atoms with Crippen molar-refractivity contribution in [3.8, 4) is 5.75 Å². The molecule has 5 nitrogen and oxygen atoms in total. The minimum Gasteiger partial charge on any atom is -0.508 e. The van der Waals surface area contributed by atoms with Crippen LogP contribution in [0.5, 0.6) is 5.75 Å². The zero-order chi connectivity index (χ0) is 15.0. The molecule has 112 valence electrons. The van der Waals surface area contributed by atoms with Gasteiger partial charge in [0, 0.05) is 31.9 Å². The molecular formula is C15H24N2O3. The summed E-state index contributed by atoms with van der Waals surface area (Å²) in [6.07, 6.45) is 0. The quantitative estimate of drug-likeness (QED) is 0.808. The summed E-state index contributed by atoms with van der Waals surface area (Å²) in [4.78, 5) is 11.9. The van der Waals surface area contributed by atoms with Crippen LogP contribution >= 0.6 is 0 Å². The van der Waals surface area contributed by atoms with E-state index in [1.807, 2.05) is 32.9 Å². The van der Waals surface area contributed by atoms with Gasteiger partial charge in [-0.3, -0.25) is 4.79 Å². The van der Waals surface area contributed by atoms with Crippen LogP contribution in [0.2, 0.25) is 0 Å². The lowest BCUT2D eigenvalue weighted by atomic mass is 10.2. The summed E-state index contributed by atoms with van der Waals surface area (Å²) in [6.45, 7) is 10.1. The van der Waals surface area contributed by atoms with Gasteiger partial charge in [0.2, 0.25) is 0 Å². The molecule has 2 rings (SSSR count). The van der Waals surface area contributed by atoms with Crippen molar-refractivity contribution in [3.63, 3.8) is 0 Å². The van der Waals surface area contributed by atoms with Crippen LogP contribution in [0.25, 0.3) is 0 Å². The molecule has 2 N–H and O–H groups in total. The van der Waals surface area contributed by atoms with Crippen LogP contribution < -0.4 is 10.2 Å². The minimum atomic E-state index is -0.318. The number of carbonyl (C=O) groups is 1. The average molecular weight is 280 g/mol. The summed E-state index contributed by atoms with van der Waals surface area (Å²) >= 11 is 0. The number of piperazine rings is 1. The third-order valence-corrected chi connectivity index (χ3v) is 2.73. The number of ether oxygens (including phenoxy) is 1. The molecule has 1 saturated heterocycles. The Morgan fingerprint density at radius 1 is 1.20 bits per heavy atom. The molecule has 0 spiro atoms. The maximum Gasteiger partial charge on any atom is 0.293 e. The average Bonchev–Trinajstić information content (AvgIpc) is 2.40. The lowest BCUT2D eigenvalue weighted by Crippen LogP contribution is -2.43. The van der Waals surface area contributed by atoms with E-state index >= 15 is 0 Å². The van der Waals surface area contributed by atoms with Crippen LogP contribution in [0.15, 0.2) is 24.3 Å². The summed E-state index contributed by atoms with van der Waals surface area (Å²) in [5.41, 5.74) is 0.876. The topological polar surface area (TPSA) is 61.8 Å². The number of phenolic OH excluding ortho intramolecular Hbond substituents is 1. The van der Waals surface area contributed by atoms with Crippen molar-refractivity contribution in [2.24, 2.45) is 0 Å². The fraction of sp³-hybridized carbons (Fsp3) is 0.533.